The lowest BCUT2D eigenvalue weighted by Crippen LogP contribution is -2.52. The molecule has 0 saturated heterocycles. The van der Waals surface area contributed by atoms with Crippen molar-refractivity contribution in [3.8, 4) is 11.3 Å². The summed E-state index contributed by atoms with van der Waals surface area (Å²) < 4.78 is 17.2. The zero-order valence-electron chi connectivity index (χ0n) is 20.0. The molecule has 7 heteroatoms. The lowest BCUT2D eigenvalue weighted by molar-refractivity contribution is -0.00866. The van der Waals surface area contributed by atoms with Crippen molar-refractivity contribution in [1.82, 2.24) is 20.1 Å². The molecule has 0 spiro atoms. The molecular weight excluding hydrogens is 443 g/mol. The second kappa shape index (κ2) is 9.23. The summed E-state index contributed by atoms with van der Waals surface area (Å²) in [5.41, 5.74) is 2.56. The van der Waals surface area contributed by atoms with Gasteiger partial charge in [0.15, 0.2) is 0 Å². The van der Waals surface area contributed by atoms with E-state index in [1.165, 1.54) is 0 Å². The van der Waals surface area contributed by atoms with Gasteiger partial charge in [0, 0.05) is 30.4 Å². The molecule has 35 heavy (non-hydrogen) atoms. The van der Waals surface area contributed by atoms with Crippen molar-refractivity contribution in [3.05, 3.63) is 83.6 Å². The highest BCUT2D eigenvalue weighted by atomic mass is 19.1. The Kier molecular flexibility index (Phi) is 6.11. The molecule has 1 amide bonds. The standard InChI is InChI=1S/C28H29FN4O2/c1-28(35)12-6-5-9-25(28)32-27(34)23-14-19(21-7-3-4-8-22(21)26(23)29)13-18-10-11-24(30-15-18)20-16-31-33(2)17-20/h3-4,7-8,10-11,14-17,25,35H,5-6,9,12-13H2,1-2H3,(H,32,34)/t25-,28+/m0/s1. The smallest absolute Gasteiger partial charge is 0.254 e. The number of benzene rings is 2. The summed E-state index contributed by atoms with van der Waals surface area (Å²) in [6, 6.07) is 12.4. The van der Waals surface area contributed by atoms with Crippen LogP contribution in [0.25, 0.3) is 22.0 Å². The number of hydrogen-bond acceptors (Lipinski definition) is 4. The molecule has 2 heterocycles. The largest absolute Gasteiger partial charge is 0.388 e. The number of carbonyl (C=O) groups excluding carboxylic acids is 1. The van der Waals surface area contributed by atoms with Crippen molar-refractivity contribution in [3.63, 3.8) is 0 Å². The van der Waals surface area contributed by atoms with Gasteiger partial charge in [0.25, 0.3) is 5.91 Å². The predicted molar refractivity (Wildman–Crippen MR) is 133 cm³/mol. The second-order valence-corrected chi connectivity index (χ2v) is 9.70. The first-order valence-corrected chi connectivity index (χ1v) is 12.0. The van der Waals surface area contributed by atoms with Gasteiger partial charge in [-0.3, -0.25) is 14.5 Å². The van der Waals surface area contributed by atoms with E-state index < -0.39 is 23.4 Å². The van der Waals surface area contributed by atoms with E-state index in [1.54, 1.807) is 42.2 Å². The molecule has 2 aromatic heterocycles. The quantitative estimate of drug-likeness (QED) is 0.438. The van der Waals surface area contributed by atoms with Crippen LogP contribution in [0.4, 0.5) is 4.39 Å². The summed E-state index contributed by atoms with van der Waals surface area (Å²) in [5.74, 6) is -1.03. The minimum Gasteiger partial charge on any atom is -0.388 e. The molecule has 0 bridgehead atoms. The fraction of sp³-hybridized carbons (Fsp3) is 0.321. The first-order valence-electron chi connectivity index (χ1n) is 12.0. The number of aryl methyl sites for hydroxylation is 1. The van der Waals surface area contributed by atoms with E-state index in [1.807, 2.05) is 37.5 Å². The molecule has 1 fully saturated rings. The highest BCUT2D eigenvalue weighted by molar-refractivity contribution is 6.00. The van der Waals surface area contributed by atoms with Crippen LogP contribution in [0.2, 0.25) is 0 Å². The van der Waals surface area contributed by atoms with Crippen LogP contribution in [0.15, 0.2) is 61.1 Å². The van der Waals surface area contributed by atoms with Crippen LogP contribution in [0.1, 0.15) is 54.1 Å². The van der Waals surface area contributed by atoms with Gasteiger partial charge in [-0.2, -0.15) is 5.10 Å². The molecule has 1 aliphatic rings. The van der Waals surface area contributed by atoms with Crippen molar-refractivity contribution in [2.24, 2.45) is 7.05 Å². The first kappa shape index (κ1) is 23.2. The van der Waals surface area contributed by atoms with E-state index in [0.717, 1.165) is 40.6 Å². The van der Waals surface area contributed by atoms with Crippen molar-refractivity contribution >= 4 is 16.7 Å². The third-order valence-electron chi connectivity index (χ3n) is 7.01. The van der Waals surface area contributed by atoms with Gasteiger partial charge in [0.1, 0.15) is 5.82 Å². The number of nitrogens with one attached hydrogen (secondary N) is 1. The summed E-state index contributed by atoms with van der Waals surface area (Å²) >= 11 is 0. The van der Waals surface area contributed by atoms with Gasteiger partial charge in [0.2, 0.25) is 0 Å². The molecular formula is C28H29FN4O2. The molecule has 180 valence electrons. The lowest BCUT2D eigenvalue weighted by atomic mass is 9.81. The average molecular weight is 473 g/mol. The Bertz CT molecular complexity index is 1380. The summed E-state index contributed by atoms with van der Waals surface area (Å²) in [6.07, 6.45) is 9.12. The first-order chi connectivity index (χ1) is 16.8. The second-order valence-electron chi connectivity index (χ2n) is 9.70. The highest BCUT2D eigenvalue weighted by Gasteiger charge is 2.36. The minimum absolute atomic E-state index is 0.0000118. The summed E-state index contributed by atoms with van der Waals surface area (Å²) in [4.78, 5) is 17.8. The van der Waals surface area contributed by atoms with E-state index in [-0.39, 0.29) is 5.56 Å². The highest BCUT2D eigenvalue weighted by Crippen LogP contribution is 2.30. The van der Waals surface area contributed by atoms with Crippen LogP contribution >= 0.6 is 0 Å². The van der Waals surface area contributed by atoms with Gasteiger partial charge in [-0.25, -0.2) is 4.39 Å². The van der Waals surface area contributed by atoms with Crippen molar-refractivity contribution in [2.75, 3.05) is 0 Å². The van der Waals surface area contributed by atoms with E-state index >= 15 is 4.39 Å². The summed E-state index contributed by atoms with van der Waals surface area (Å²) in [5, 5.41) is 19.0. The molecule has 5 rings (SSSR count). The number of rotatable bonds is 5. The maximum atomic E-state index is 15.5. The van der Waals surface area contributed by atoms with E-state index in [2.05, 4.69) is 15.4 Å². The van der Waals surface area contributed by atoms with Gasteiger partial charge < -0.3 is 10.4 Å². The number of halogens is 1. The Morgan fingerprint density at radius 3 is 2.69 bits per heavy atom. The number of pyridine rings is 1. The number of fused-ring (bicyclic) bond motifs is 1. The van der Waals surface area contributed by atoms with Crippen molar-refractivity contribution < 1.29 is 14.3 Å². The van der Waals surface area contributed by atoms with Crippen LogP contribution in [0.3, 0.4) is 0 Å². The van der Waals surface area contributed by atoms with Crippen LogP contribution in [-0.4, -0.2) is 37.4 Å². The topological polar surface area (TPSA) is 80.0 Å². The number of carbonyl (C=O) groups is 1. The van der Waals surface area contributed by atoms with Gasteiger partial charge in [-0.1, -0.05) is 43.2 Å². The van der Waals surface area contributed by atoms with Crippen molar-refractivity contribution in [1.29, 1.82) is 0 Å². The number of amides is 1. The number of hydrogen-bond donors (Lipinski definition) is 2. The third-order valence-corrected chi connectivity index (χ3v) is 7.01. The Hall–Kier alpha value is -3.58. The average Bonchev–Trinajstić information content (AvgIpc) is 3.29. The van der Waals surface area contributed by atoms with E-state index in [4.69, 9.17) is 0 Å². The zero-order chi connectivity index (χ0) is 24.6. The normalized spacial score (nSPS) is 20.2. The maximum Gasteiger partial charge on any atom is 0.254 e. The monoisotopic (exact) mass is 472 g/mol. The van der Waals surface area contributed by atoms with Crippen molar-refractivity contribution in [2.45, 2.75) is 50.7 Å². The van der Waals surface area contributed by atoms with Gasteiger partial charge in [-0.05, 0) is 54.8 Å². The fourth-order valence-electron chi connectivity index (χ4n) is 4.98. The molecule has 1 saturated carbocycles. The Labute approximate surface area is 203 Å². The van der Waals surface area contributed by atoms with Gasteiger partial charge >= 0.3 is 0 Å². The summed E-state index contributed by atoms with van der Waals surface area (Å²) in [6.45, 7) is 1.74. The number of nitrogens with zero attached hydrogens (tertiary/aromatic N) is 3. The maximum absolute atomic E-state index is 15.5. The van der Waals surface area contributed by atoms with Gasteiger partial charge in [0.05, 0.1) is 29.1 Å². The molecule has 0 unspecified atom stereocenters. The third kappa shape index (κ3) is 4.68. The van der Waals surface area contributed by atoms with Crippen LogP contribution < -0.4 is 5.32 Å². The van der Waals surface area contributed by atoms with Crippen LogP contribution in [0, 0.1) is 5.82 Å². The molecule has 1 aliphatic carbocycles. The molecule has 0 radical (unpaired) electrons. The molecule has 2 atom stereocenters. The molecule has 2 aromatic carbocycles. The molecule has 4 aromatic rings. The Morgan fingerprint density at radius 2 is 2.00 bits per heavy atom. The predicted octanol–water partition coefficient (Wildman–Crippen LogP) is 4.79. The zero-order valence-corrected chi connectivity index (χ0v) is 20.0. The van der Waals surface area contributed by atoms with E-state index in [0.29, 0.717) is 24.6 Å². The molecule has 0 aliphatic heterocycles. The van der Waals surface area contributed by atoms with Crippen LogP contribution in [0.5, 0.6) is 0 Å². The Balaban J connectivity index is 1.46. The molecule has 6 nitrogen and oxygen atoms in total. The fourth-order valence-corrected chi connectivity index (χ4v) is 4.98. The SMILES string of the molecule is Cn1cc(-c2ccc(Cc3cc(C(=O)N[C@H]4CCCC[C@@]4(C)O)c(F)c4ccccc34)cn2)cn1. The Morgan fingerprint density at radius 1 is 1.20 bits per heavy atom. The number of aromatic nitrogens is 3. The summed E-state index contributed by atoms with van der Waals surface area (Å²) in [7, 11) is 1.86. The van der Waals surface area contributed by atoms with E-state index in [9.17, 15) is 9.90 Å². The lowest BCUT2D eigenvalue weighted by Gasteiger charge is -2.37. The van der Waals surface area contributed by atoms with Crippen LogP contribution in [-0.2, 0) is 13.5 Å². The molecule has 2 N–H and O–H groups in total. The van der Waals surface area contributed by atoms with Gasteiger partial charge in [-0.15, -0.1) is 0 Å². The minimum atomic E-state index is -0.994. The number of aliphatic hydroxyl groups is 1.